The number of amides is 2. The fourth-order valence-corrected chi connectivity index (χ4v) is 8.02. The van der Waals surface area contributed by atoms with E-state index in [-0.39, 0.29) is 35.8 Å². The summed E-state index contributed by atoms with van der Waals surface area (Å²) in [6, 6.07) is 17.7. The Kier molecular flexibility index (Phi) is 8.27. The Hall–Kier alpha value is -4.61. The second-order valence-corrected chi connectivity index (χ2v) is 14.1. The molecule has 2 atom stereocenters. The summed E-state index contributed by atoms with van der Waals surface area (Å²) in [5.41, 5.74) is 2.41. The van der Waals surface area contributed by atoms with Crippen LogP contribution < -0.4 is 5.56 Å². The van der Waals surface area contributed by atoms with Gasteiger partial charge in [0.2, 0.25) is 5.91 Å². The van der Waals surface area contributed by atoms with E-state index in [1.54, 1.807) is 16.8 Å². The third kappa shape index (κ3) is 6.13. The molecule has 242 valence electrons. The van der Waals surface area contributed by atoms with Gasteiger partial charge in [0.05, 0.1) is 22.4 Å². The van der Waals surface area contributed by atoms with Crippen LogP contribution in [0.4, 0.5) is 0 Å². The smallest absolute Gasteiger partial charge is 0.263 e. The first-order valence-electron chi connectivity index (χ1n) is 16.1. The van der Waals surface area contributed by atoms with Gasteiger partial charge in [-0.1, -0.05) is 30.3 Å². The van der Waals surface area contributed by atoms with Crippen LogP contribution >= 0.6 is 11.3 Å². The Labute approximate surface area is 276 Å². The van der Waals surface area contributed by atoms with Crippen molar-refractivity contribution in [1.82, 2.24) is 28.9 Å². The Morgan fingerprint density at radius 2 is 1.81 bits per heavy atom. The van der Waals surface area contributed by atoms with E-state index >= 15 is 0 Å². The van der Waals surface area contributed by atoms with Crippen LogP contribution in [0.2, 0.25) is 0 Å². The van der Waals surface area contributed by atoms with Crippen LogP contribution in [0.15, 0.2) is 84.3 Å². The van der Waals surface area contributed by atoms with Crippen LogP contribution in [-0.2, 0) is 18.4 Å². The molecule has 2 saturated heterocycles. The summed E-state index contributed by atoms with van der Waals surface area (Å²) in [7, 11) is 1.84. The molecule has 11 heteroatoms. The molecule has 7 rings (SSSR count). The molecule has 2 aliphatic heterocycles. The number of piperidine rings is 2. The zero-order chi connectivity index (χ0) is 32.7. The largest absolute Gasteiger partial charge is 0.388 e. The molecular formula is C36H38N6O4S. The lowest BCUT2D eigenvalue weighted by molar-refractivity contribution is -0.142. The fraction of sp³-hybridized carbons (Fsp3) is 0.361. The summed E-state index contributed by atoms with van der Waals surface area (Å²) >= 11 is 1.47. The van der Waals surface area contributed by atoms with E-state index in [4.69, 9.17) is 0 Å². The molecule has 0 spiro atoms. The molecule has 4 aromatic heterocycles. The van der Waals surface area contributed by atoms with Gasteiger partial charge in [0.25, 0.3) is 11.5 Å². The van der Waals surface area contributed by atoms with Gasteiger partial charge in [0.15, 0.2) is 0 Å². The van der Waals surface area contributed by atoms with Crippen molar-refractivity contribution >= 4 is 34.2 Å². The first-order valence-corrected chi connectivity index (χ1v) is 16.9. The molecule has 2 aliphatic rings. The van der Waals surface area contributed by atoms with Crippen molar-refractivity contribution in [1.29, 1.82) is 0 Å². The molecule has 0 radical (unpaired) electrons. The molecular weight excluding hydrogens is 613 g/mol. The molecule has 0 aliphatic carbocycles. The van der Waals surface area contributed by atoms with Crippen LogP contribution in [0.5, 0.6) is 0 Å². The number of carbonyl (C=O) groups is 2. The highest BCUT2D eigenvalue weighted by atomic mass is 32.1. The molecule has 10 nitrogen and oxygen atoms in total. The average Bonchev–Trinajstić information content (AvgIpc) is 3.74. The molecule has 0 unspecified atom stereocenters. The van der Waals surface area contributed by atoms with Crippen molar-refractivity contribution in [2.75, 3.05) is 26.2 Å². The third-order valence-corrected chi connectivity index (χ3v) is 10.9. The van der Waals surface area contributed by atoms with E-state index in [1.807, 2.05) is 78.6 Å². The number of thiophene rings is 1. The second kappa shape index (κ2) is 12.5. The van der Waals surface area contributed by atoms with E-state index in [0.717, 1.165) is 21.6 Å². The van der Waals surface area contributed by atoms with Crippen LogP contribution in [0.25, 0.3) is 21.5 Å². The molecule has 5 aromatic rings. The monoisotopic (exact) mass is 650 g/mol. The summed E-state index contributed by atoms with van der Waals surface area (Å²) in [4.78, 5) is 55.1. The minimum atomic E-state index is -1.12. The van der Waals surface area contributed by atoms with Crippen LogP contribution in [0, 0.1) is 12.8 Å². The van der Waals surface area contributed by atoms with Crippen molar-refractivity contribution in [3.05, 3.63) is 106 Å². The van der Waals surface area contributed by atoms with Crippen molar-refractivity contribution in [2.45, 2.75) is 44.2 Å². The highest BCUT2D eigenvalue weighted by molar-refractivity contribution is 7.17. The van der Waals surface area contributed by atoms with Gasteiger partial charge in [-0.3, -0.25) is 23.9 Å². The minimum absolute atomic E-state index is 0.0184. The number of benzene rings is 1. The van der Waals surface area contributed by atoms with E-state index in [0.29, 0.717) is 61.4 Å². The van der Waals surface area contributed by atoms with Crippen LogP contribution in [-0.4, -0.2) is 77.6 Å². The maximum atomic E-state index is 14.1. The summed E-state index contributed by atoms with van der Waals surface area (Å²) in [5.74, 6) is -0.389. The van der Waals surface area contributed by atoms with Gasteiger partial charge >= 0.3 is 0 Å². The molecule has 2 amide bonds. The number of aliphatic hydroxyl groups is 1. The number of fused-ring (bicyclic) bond motifs is 1. The van der Waals surface area contributed by atoms with E-state index < -0.39 is 5.60 Å². The number of pyridine rings is 1. The van der Waals surface area contributed by atoms with Gasteiger partial charge in [0, 0.05) is 74.1 Å². The lowest BCUT2D eigenvalue weighted by Gasteiger charge is -2.43. The zero-order valence-electron chi connectivity index (χ0n) is 26.6. The number of rotatable bonds is 6. The standard InChI is InChI=1S/C36H38N6O4S/c1-24-18-26(20-37-19-24)30-8-9-31(47-30)35(45)41-15-11-27(29(21-41)25-6-4-3-5-7-25)33(43)40-16-12-36(46,13-17-40)22-42-23-38-32-28(34(42)44)10-14-39(32)2/h3-10,14,18-20,23,27,29,46H,11-13,15-17,21-22H2,1-2H3/t27-,29+/m1/s1. The molecule has 2 fully saturated rings. The zero-order valence-corrected chi connectivity index (χ0v) is 27.4. The average molecular weight is 651 g/mol. The lowest BCUT2D eigenvalue weighted by atomic mass is 9.79. The SMILES string of the molecule is Cc1cncc(-c2ccc(C(=O)N3CC[C@@H](C(=O)N4CCC(O)(Cn5cnc6c(ccn6C)c5=O)CC4)[C@H](c4ccccc4)C3)s2)c1. The van der Waals surface area contributed by atoms with Crippen LogP contribution in [0.1, 0.15) is 46.0 Å². The predicted molar refractivity (Wildman–Crippen MR) is 181 cm³/mol. The van der Waals surface area contributed by atoms with Crippen molar-refractivity contribution in [2.24, 2.45) is 13.0 Å². The maximum Gasteiger partial charge on any atom is 0.263 e. The summed E-state index contributed by atoms with van der Waals surface area (Å²) in [6.07, 6.45) is 8.21. The molecule has 0 saturated carbocycles. The van der Waals surface area contributed by atoms with Gasteiger partial charge in [-0.25, -0.2) is 4.98 Å². The highest BCUT2D eigenvalue weighted by Gasteiger charge is 2.42. The number of hydrogen-bond donors (Lipinski definition) is 1. The van der Waals surface area contributed by atoms with Gasteiger partial charge < -0.3 is 19.5 Å². The normalized spacial score (nSPS) is 19.6. The van der Waals surface area contributed by atoms with Gasteiger partial charge in [-0.05, 0) is 61.6 Å². The van der Waals surface area contributed by atoms with E-state index in [1.165, 1.54) is 22.2 Å². The van der Waals surface area contributed by atoms with Crippen molar-refractivity contribution in [3.63, 3.8) is 0 Å². The first kappa shape index (κ1) is 31.0. The fourth-order valence-electron chi connectivity index (χ4n) is 7.07. The van der Waals surface area contributed by atoms with Crippen molar-refractivity contribution < 1.29 is 14.7 Å². The summed E-state index contributed by atoms with van der Waals surface area (Å²) < 4.78 is 3.28. The topological polar surface area (TPSA) is 114 Å². The molecule has 1 N–H and O–H groups in total. The Bertz CT molecular complexity index is 1990. The maximum absolute atomic E-state index is 14.1. The van der Waals surface area contributed by atoms with Gasteiger partial charge in [-0.2, -0.15) is 0 Å². The second-order valence-electron chi connectivity index (χ2n) is 13.0. The Morgan fingerprint density at radius 3 is 2.57 bits per heavy atom. The molecule has 1 aromatic carbocycles. The van der Waals surface area contributed by atoms with Crippen LogP contribution in [0.3, 0.4) is 0 Å². The number of carbonyl (C=O) groups excluding carboxylic acids is 2. The predicted octanol–water partition coefficient (Wildman–Crippen LogP) is 4.47. The third-order valence-electron chi connectivity index (χ3n) is 9.74. The van der Waals surface area contributed by atoms with E-state index in [9.17, 15) is 19.5 Å². The Morgan fingerprint density at radius 1 is 1.02 bits per heavy atom. The summed E-state index contributed by atoms with van der Waals surface area (Å²) in [6.45, 7) is 3.88. The first-order chi connectivity index (χ1) is 22.7. The molecule has 47 heavy (non-hydrogen) atoms. The highest BCUT2D eigenvalue weighted by Crippen LogP contribution is 2.37. The molecule has 6 heterocycles. The lowest BCUT2D eigenvalue weighted by Crippen LogP contribution is -2.53. The van der Waals surface area contributed by atoms with E-state index in [2.05, 4.69) is 16.0 Å². The molecule has 0 bridgehead atoms. The number of hydrogen-bond acceptors (Lipinski definition) is 7. The van der Waals surface area contributed by atoms with Gasteiger partial charge in [-0.15, -0.1) is 11.3 Å². The minimum Gasteiger partial charge on any atom is -0.388 e. The number of likely N-dealkylation sites (tertiary alicyclic amines) is 2. The summed E-state index contributed by atoms with van der Waals surface area (Å²) in [5, 5.41) is 12.0. The number of nitrogens with zero attached hydrogens (tertiary/aromatic N) is 6. The van der Waals surface area contributed by atoms with Crippen molar-refractivity contribution in [3.8, 4) is 10.4 Å². The quantitative estimate of drug-likeness (QED) is 0.290. The number of aryl methyl sites for hydroxylation is 2. The van der Waals surface area contributed by atoms with Gasteiger partial charge in [0.1, 0.15) is 12.0 Å². The number of aromatic nitrogens is 4. The Balaban J connectivity index is 1.04.